The van der Waals surface area contributed by atoms with Gasteiger partial charge in [-0.25, -0.2) is 0 Å². The minimum absolute atomic E-state index is 0.0889. The molecule has 314 valence electrons. The number of hydrogen-bond donors (Lipinski definition) is 0. The molecule has 0 atom stereocenters. The normalized spacial score (nSPS) is 13.9. The molecule has 0 radical (unpaired) electrons. The van der Waals surface area contributed by atoms with Crippen molar-refractivity contribution >= 4 is 0 Å². The van der Waals surface area contributed by atoms with Gasteiger partial charge in [0.15, 0.2) is 0 Å². The summed E-state index contributed by atoms with van der Waals surface area (Å²) >= 11 is 0. The van der Waals surface area contributed by atoms with Crippen LogP contribution >= 0.6 is 0 Å². The molecule has 0 aromatic heterocycles. The van der Waals surface area contributed by atoms with E-state index in [2.05, 4.69) is 162 Å². The van der Waals surface area contributed by atoms with Crippen LogP contribution in [0.5, 0.6) is 23.0 Å². The van der Waals surface area contributed by atoms with Crippen molar-refractivity contribution in [1.82, 2.24) is 0 Å². The fourth-order valence-corrected chi connectivity index (χ4v) is 8.85. The van der Waals surface area contributed by atoms with Crippen LogP contribution in [-0.2, 0) is 47.3 Å². The number of rotatable bonds is 6. The van der Waals surface area contributed by atoms with Crippen LogP contribution < -0.4 is 18.9 Å². The molecule has 5 aromatic rings. The Morgan fingerprint density at radius 2 is 0.661 bits per heavy atom. The zero-order valence-electron chi connectivity index (χ0n) is 39.0. The predicted molar refractivity (Wildman–Crippen MR) is 247 cm³/mol. The topological polar surface area (TPSA) is 36.9 Å². The zero-order valence-corrected chi connectivity index (χ0v) is 39.0. The van der Waals surface area contributed by atoms with E-state index < -0.39 is 0 Å². The van der Waals surface area contributed by atoms with Crippen LogP contribution in [0.2, 0.25) is 0 Å². The molecule has 8 bridgehead atoms. The van der Waals surface area contributed by atoms with Gasteiger partial charge in [-0.3, -0.25) is 0 Å². The minimum atomic E-state index is -0.122. The van der Waals surface area contributed by atoms with E-state index in [0.717, 1.165) is 62.8 Å². The predicted octanol–water partition coefficient (Wildman–Crippen LogP) is 13.4. The number of ether oxygens (including phenoxy) is 4. The van der Waals surface area contributed by atoms with E-state index in [1.807, 2.05) is 28.4 Å². The summed E-state index contributed by atoms with van der Waals surface area (Å²) in [6, 6.07) is 29.9. The van der Waals surface area contributed by atoms with E-state index in [4.69, 9.17) is 18.9 Å². The second-order valence-corrected chi connectivity index (χ2v) is 20.9. The Balaban J connectivity index is 1.84. The Kier molecular flexibility index (Phi) is 12.2. The van der Waals surface area contributed by atoms with Crippen molar-refractivity contribution < 1.29 is 18.9 Å². The van der Waals surface area contributed by atoms with Crippen molar-refractivity contribution in [3.63, 3.8) is 0 Å². The molecule has 1 aliphatic rings. The van der Waals surface area contributed by atoms with Crippen molar-refractivity contribution in [3.8, 4) is 23.0 Å². The van der Waals surface area contributed by atoms with Crippen molar-refractivity contribution in [3.05, 3.63) is 151 Å². The first-order valence-corrected chi connectivity index (χ1v) is 21.4. The molecule has 0 aliphatic heterocycles. The van der Waals surface area contributed by atoms with E-state index >= 15 is 0 Å². The number of benzene rings is 5. The Morgan fingerprint density at radius 1 is 0.390 bits per heavy atom. The Bertz CT molecular complexity index is 2160. The quantitative estimate of drug-likeness (QED) is 0.172. The van der Waals surface area contributed by atoms with Gasteiger partial charge in [-0.1, -0.05) is 162 Å². The van der Waals surface area contributed by atoms with Gasteiger partial charge in [-0.2, -0.15) is 0 Å². The highest BCUT2D eigenvalue weighted by molar-refractivity contribution is 5.61. The molecule has 0 fully saturated rings. The molecule has 0 heterocycles. The molecule has 0 N–H and O–H groups in total. The van der Waals surface area contributed by atoms with Gasteiger partial charge in [-0.15, -0.1) is 0 Å². The van der Waals surface area contributed by atoms with Gasteiger partial charge in [0.2, 0.25) is 0 Å². The summed E-state index contributed by atoms with van der Waals surface area (Å²) in [5, 5.41) is 0. The Labute approximate surface area is 356 Å². The molecule has 1 aliphatic carbocycles. The maximum Gasteiger partial charge on any atom is 0.126 e. The highest BCUT2D eigenvalue weighted by Gasteiger charge is 2.32. The van der Waals surface area contributed by atoms with Crippen molar-refractivity contribution in [2.45, 2.75) is 136 Å². The van der Waals surface area contributed by atoms with Gasteiger partial charge in [0.25, 0.3) is 0 Å². The molecular weight excluding hydrogens is 725 g/mol. The molecule has 4 nitrogen and oxygen atoms in total. The summed E-state index contributed by atoms with van der Waals surface area (Å²) in [5.74, 6) is 3.59. The number of hydrogen-bond acceptors (Lipinski definition) is 4. The first-order chi connectivity index (χ1) is 27.6. The third kappa shape index (κ3) is 9.23. The van der Waals surface area contributed by atoms with E-state index in [1.54, 1.807) is 0 Å². The van der Waals surface area contributed by atoms with Crippen LogP contribution in [0.15, 0.2) is 78.9 Å². The standard InChI is InChI=1S/C55H70O4/c1-52(2,3)41-26-35-23-36-27-42(53(4,5)6)29-38(49(36)57-14)25-40-31-44(55(10,11)12)33-47(51(40)59-16)45(22-34-20-18-17-19-21-34)46-32-43(54(7,8)9)30-39(50(46)58-15)24-37(28-41)48(35)56-13/h17-21,26-33,45H,22-25H2,1-16H3. The van der Waals surface area contributed by atoms with Crippen molar-refractivity contribution in [2.24, 2.45) is 0 Å². The fourth-order valence-electron chi connectivity index (χ4n) is 8.85. The van der Waals surface area contributed by atoms with Crippen LogP contribution in [-0.4, -0.2) is 28.4 Å². The summed E-state index contributed by atoms with van der Waals surface area (Å²) in [6.07, 6.45) is 2.72. The summed E-state index contributed by atoms with van der Waals surface area (Å²) in [4.78, 5) is 0. The maximum absolute atomic E-state index is 6.65. The highest BCUT2D eigenvalue weighted by atomic mass is 16.5. The lowest BCUT2D eigenvalue weighted by Gasteiger charge is -2.31. The summed E-state index contributed by atoms with van der Waals surface area (Å²) in [6.45, 7) is 27.7. The van der Waals surface area contributed by atoms with Crippen LogP contribution in [0.4, 0.5) is 0 Å². The molecule has 59 heavy (non-hydrogen) atoms. The van der Waals surface area contributed by atoms with Crippen molar-refractivity contribution in [1.29, 1.82) is 0 Å². The lowest BCUT2D eigenvalue weighted by Crippen LogP contribution is -2.19. The number of methoxy groups -OCH3 is 4. The van der Waals surface area contributed by atoms with Gasteiger partial charge in [0.05, 0.1) is 28.4 Å². The van der Waals surface area contributed by atoms with Crippen LogP contribution in [0.1, 0.15) is 161 Å². The van der Waals surface area contributed by atoms with Crippen LogP contribution in [0, 0.1) is 0 Å². The lowest BCUT2D eigenvalue weighted by atomic mass is 9.75. The molecule has 4 heteroatoms. The SMILES string of the molecule is COc1c2cc(C(C)(C)C)cc1Cc1cc(C(C)(C)C)cc(c1OC)C(Cc1ccccc1)c1cc(C(C)(C)C)cc(c1OC)Cc1cc(C(C)(C)C)cc(c1OC)C2. The Morgan fingerprint density at radius 3 is 0.932 bits per heavy atom. The zero-order chi connectivity index (χ0) is 43.2. The maximum atomic E-state index is 6.65. The molecule has 0 spiro atoms. The third-order valence-corrected chi connectivity index (χ3v) is 12.3. The molecule has 0 amide bonds. The second kappa shape index (κ2) is 16.4. The third-order valence-electron chi connectivity index (χ3n) is 12.3. The number of fused-ring (bicyclic) bond motifs is 8. The minimum Gasteiger partial charge on any atom is -0.496 e. The van der Waals surface area contributed by atoms with E-state index in [1.165, 1.54) is 38.9 Å². The summed E-state index contributed by atoms with van der Waals surface area (Å²) in [5.41, 5.74) is 15.2. The smallest absolute Gasteiger partial charge is 0.126 e. The van der Waals surface area contributed by atoms with E-state index in [-0.39, 0.29) is 27.6 Å². The van der Waals surface area contributed by atoms with Crippen molar-refractivity contribution in [2.75, 3.05) is 28.4 Å². The molecule has 5 aromatic carbocycles. The first-order valence-electron chi connectivity index (χ1n) is 21.4. The van der Waals surface area contributed by atoms with Gasteiger partial charge in [-0.05, 0) is 89.3 Å². The lowest BCUT2D eigenvalue weighted by molar-refractivity contribution is 0.390. The molecular formula is C55H70O4. The van der Waals surface area contributed by atoms with Crippen LogP contribution in [0.3, 0.4) is 0 Å². The van der Waals surface area contributed by atoms with Gasteiger partial charge < -0.3 is 18.9 Å². The highest BCUT2D eigenvalue weighted by Crippen LogP contribution is 2.48. The van der Waals surface area contributed by atoms with Gasteiger partial charge in [0, 0.05) is 36.3 Å². The summed E-state index contributed by atoms with van der Waals surface area (Å²) < 4.78 is 26.3. The first kappa shape index (κ1) is 43.9. The molecule has 0 saturated heterocycles. The average Bonchev–Trinajstić information content (AvgIpc) is 3.15. The largest absolute Gasteiger partial charge is 0.496 e. The molecule has 0 saturated carbocycles. The van der Waals surface area contributed by atoms with E-state index in [0.29, 0.717) is 19.3 Å². The van der Waals surface area contributed by atoms with Crippen LogP contribution in [0.25, 0.3) is 0 Å². The molecule has 6 rings (SSSR count). The fraction of sp³-hybridized carbons (Fsp3) is 0.455. The second-order valence-electron chi connectivity index (χ2n) is 20.9. The Hall–Kier alpha value is -4.70. The average molecular weight is 795 g/mol. The molecule has 0 unspecified atom stereocenters. The van der Waals surface area contributed by atoms with E-state index in [9.17, 15) is 0 Å². The van der Waals surface area contributed by atoms with Gasteiger partial charge >= 0.3 is 0 Å². The summed E-state index contributed by atoms with van der Waals surface area (Å²) in [7, 11) is 7.32. The van der Waals surface area contributed by atoms with Gasteiger partial charge in [0.1, 0.15) is 23.0 Å². The monoisotopic (exact) mass is 795 g/mol.